The van der Waals surface area contributed by atoms with Crippen molar-refractivity contribution in [3.05, 3.63) is 33.9 Å². The largest absolute Gasteiger partial charge is 0.375 e. The fourth-order valence-electron chi connectivity index (χ4n) is 2.52. The Balaban J connectivity index is 2.12. The van der Waals surface area contributed by atoms with Gasteiger partial charge in [0.1, 0.15) is 5.69 Å². The zero-order valence-electron chi connectivity index (χ0n) is 11.8. The van der Waals surface area contributed by atoms with Gasteiger partial charge in [0.2, 0.25) is 5.91 Å². The highest BCUT2D eigenvalue weighted by atomic mass is 16.6. The zero-order valence-corrected chi connectivity index (χ0v) is 11.8. The Morgan fingerprint density at radius 3 is 2.95 bits per heavy atom. The summed E-state index contributed by atoms with van der Waals surface area (Å²) < 4.78 is 0. The molecule has 0 aliphatic carbocycles. The molecule has 1 heterocycles. The number of hydrogen-bond acceptors (Lipinski definition) is 4. The summed E-state index contributed by atoms with van der Waals surface area (Å²) in [7, 11) is 0. The average Bonchev–Trinajstić information content (AvgIpc) is 2.88. The average molecular weight is 277 g/mol. The van der Waals surface area contributed by atoms with Crippen LogP contribution >= 0.6 is 0 Å². The van der Waals surface area contributed by atoms with Crippen LogP contribution in [-0.4, -0.2) is 34.9 Å². The van der Waals surface area contributed by atoms with Crippen molar-refractivity contribution < 1.29 is 9.72 Å². The second-order valence-corrected chi connectivity index (χ2v) is 5.05. The number of carbonyl (C=O) groups is 1. The second-order valence-electron chi connectivity index (χ2n) is 5.05. The number of carbonyl (C=O) groups excluding carboxylic acids is 1. The maximum absolute atomic E-state index is 11.6. The third-order valence-corrected chi connectivity index (χ3v) is 3.64. The van der Waals surface area contributed by atoms with Crippen molar-refractivity contribution in [2.75, 3.05) is 18.4 Å². The van der Waals surface area contributed by atoms with E-state index >= 15 is 0 Å². The van der Waals surface area contributed by atoms with Crippen LogP contribution in [0.25, 0.3) is 0 Å². The zero-order chi connectivity index (χ0) is 14.7. The summed E-state index contributed by atoms with van der Waals surface area (Å²) in [6.07, 6.45) is 1.31. The van der Waals surface area contributed by atoms with Crippen LogP contribution in [0.4, 0.5) is 11.4 Å². The summed E-state index contributed by atoms with van der Waals surface area (Å²) in [5, 5.41) is 14.3. The van der Waals surface area contributed by atoms with Gasteiger partial charge in [0.05, 0.1) is 4.92 Å². The van der Waals surface area contributed by atoms with Gasteiger partial charge in [0.15, 0.2) is 0 Å². The molecular weight excluding hydrogens is 258 g/mol. The van der Waals surface area contributed by atoms with E-state index in [0.717, 1.165) is 12.0 Å². The number of nitro groups is 1. The number of anilines is 1. The fourth-order valence-corrected chi connectivity index (χ4v) is 2.52. The van der Waals surface area contributed by atoms with Crippen molar-refractivity contribution in [3.63, 3.8) is 0 Å². The predicted octanol–water partition coefficient (Wildman–Crippen LogP) is 2.33. The lowest BCUT2D eigenvalue weighted by Gasteiger charge is -2.18. The number of nitrogens with one attached hydrogen (secondary N) is 1. The quantitative estimate of drug-likeness (QED) is 0.677. The van der Waals surface area contributed by atoms with Crippen LogP contribution in [0.1, 0.15) is 25.3 Å². The number of likely N-dealkylation sites (tertiary alicyclic amines) is 1. The van der Waals surface area contributed by atoms with Crippen LogP contribution in [-0.2, 0) is 4.79 Å². The second kappa shape index (κ2) is 5.90. The molecule has 6 heteroatoms. The first-order valence-corrected chi connectivity index (χ1v) is 6.81. The molecule has 108 valence electrons. The third kappa shape index (κ3) is 2.89. The van der Waals surface area contributed by atoms with Crippen LogP contribution in [0.3, 0.4) is 0 Å². The lowest BCUT2D eigenvalue weighted by atomic mass is 10.1. The molecule has 2 rings (SSSR count). The van der Waals surface area contributed by atoms with Crippen molar-refractivity contribution in [1.82, 2.24) is 4.90 Å². The Morgan fingerprint density at radius 1 is 1.55 bits per heavy atom. The molecule has 1 aliphatic heterocycles. The summed E-state index contributed by atoms with van der Waals surface area (Å²) in [5.74, 6) is 0.133. The minimum absolute atomic E-state index is 0.0744. The van der Waals surface area contributed by atoms with Crippen molar-refractivity contribution in [2.45, 2.75) is 32.7 Å². The predicted molar refractivity (Wildman–Crippen MR) is 76.7 cm³/mol. The highest BCUT2D eigenvalue weighted by molar-refractivity contribution is 5.76. The van der Waals surface area contributed by atoms with Gasteiger partial charge in [0, 0.05) is 31.6 Å². The van der Waals surface area contributed by atoms with E-state index in [4.69, 9.17) is 0 Å². The molecule has 1 aromatic rings. The Labute approximate surface area is 117 Å². The van der Waals surface area contributed by atoms with Gasteiger partial charge >= 0.3 is 0 Å². The Morgan fingerprint density at radius 2 is 2.30 bits per heavy atom. The molecule has 1 amide bonds. The number of benzene rings is 1. The maximum atomic E-state index is 11.6. The lowest BCUT2D eigenvalue weighted by molar-refractivity contribution is -0.384. The summed E-state index contributed by atoms with van der Waals surface area (Å²) in [6, 6.07) is 5.10. The minimum Gasteiger partial charge on any atom is -0.375 e. The lowest BCUT2D eigenvalue weighted by Crippen LogP contribution is -2.31. The van der Waals surface area contributed by atoms with E-state index in [-0.39, 0.29) is 22.6 Å². The molecule has 0 aromatic heterocycles. The number of nitrogens with zero attached hydrogens (tertiary/aromatic N) is 2. The van der Waals surface area contributed by atoms with E-state index in [0.29, 0.717) is 25.2 Å². The van der Waals surface area contributed by atoms with Crippen molar-refractivity contribution in [3.8, 4) is 0 Å². The van der Waals surface area contributed by atoms with E-state index in [1.165, 1.54) is 6.07 Å². The van der Waals surface area contributed by atoms with E-state index in [2.05, 4.69) is 5.32 Å². The molecular formula is C14H19N3O3. The van der Waals surface area contributed by atoms with Gasteiger partial charge < -0.3 is 10.2 Å². The Bertz CT molecular complexity index is 530. The van der Waals surface area contributed by atoms with E-state index in [9.17, 15) is 14.9 Å². The number of amides is 1. The summed E-state index contributed by atoms with van der Waals surface area (Å²) in [5.41, 5.74) is 1.50. The molecule has 1 fully saturated rings. The monoisotopic (exact) mass is 277 g/mol. The molecule has 1 aromatic carbocycles. The normalized spacial score (nSPS) is 18.1. The van der Waals surface area contributed by atoms with Crippen LogP contribution < -0.4 is 5.32 Å². The Kier molecular flexibility index (Phi) is 4.22. The first-order chi connectivity index (χ1) is 9.52. The number of para-hydroxylation sites is 1. The first-order valence-electron chi connectivity index (χ1n) is 6.81. The number of rotatable bonds is 4. The number of aryl methyl sites for hydroxylation is 1. The van der Waals surface area contributed by atoms with Crippen molar-refractivity contribution in [1.29, 1.82) is 0 Å². The maximum Gasteiger partial charge on any atom is 0.292 e. The summed E-state index contributed by atoms with van der Waals surface area (Å²) >= 11 is 0. The highest BCUT2D eigenvalue weighted by Crippen LogP contribution is 2.29. The molecule has 0 bridgehead atoms. The van der Waals surface area contributed by atoms with Crippen LogP contribution in [0.15, 0.2) is 18.2 Å². The summed E-state index contributed by atoms with van der Waals surface area (Å²) in [6.45, 7) is 5.01. The van der Waals surface area contributed by atoms with E-state index in [1.807, 2.05) is 24.8 Å². The standard InChI is InChI=1S/C14H19N3O3/c1-3-13(18)16-8-7-11(9-16)15-14-10(2)5-4-6-12(14)17(19)20/h4-6,11,15H,3,7-9H2,1-2H3. The molecule has 1 N–H and O–H groups in total. The van der Waals surface area contributed by atoms with Crippen LogP contribution in [0.2, 0.25) is 0 Å². The van der Waals surface area contributed by atoms with Gasteiger partial charge in [0.25, 0.3) is 5.69 Å². The molecule has 1 aliphatic rings. The van der Waals surface area contributed by atoms with Gasteiger partial charge in [-0.25, -0.2) is 0 Å². The molecule has 0 spiro atoms. The van der Waals surface area contributed by atoms with Gasteiger partial charge in [-0.05, 0) is 18.9 Å². The Hall–Kier alpha value is -2.11. The van der Waals surface area contributed by atoms with Gasteiger partial charge in [-0.3, -0.25) is 14.9 Å². The van der Waals surface area contributed by atoms with E-state index < -0.39 is 0 Å². The van der Waals surface area contributed by atoms with Crippen molar-refractivity contribution in [2.24, 2.45) is 0 Å². The summed E-state index contributed by atoms with van der Waals surface area (Å²) in [4.78, 5) is 24.1. The van der Waals surface area contributed by atoms with E-state index in [1.54, 1.807) is 6.07 Å². The van der Waals surface area contributed by atoms with Gasteiger partial charge in [-0.15, -0.1) is 0 Å². The topological polar surface area (TPSA) is 75.5 Å². The molecule has 20 heavy (non-hydrogen) atoms. The SMILES string of the molecule is CCC(=O)N1CCC(Nc2c(C)cccc2[N+](=O)[O-])C1. The highest BCUT2D eigenvalue weighted by Gasteiger charge is 2.27. The number of nitro benzene ring substituents is 1. The molecule has 1 saturated heterocycles. The van der Waals surface area contributed by atoms with Crippen LogP contribution in [0.5, 0.6) is 0 Å². The molecule has 1 unspecified atom stereocenters. The third-order valence-electron chi connectivity index (χ3n) is 3.64. The van der Waals surface area contributed by atoms with Gasteiger partial charge in [-0.2, -0.15) is 0 Å². The fraction of sp³-hybridized carbons (Fsp3) is 0.500. The molecule has 1 atom stereocenters. The smallest absolute Gasteiger partial charge is 0.292 e. The molecule has 0 saturated carbocycles. The first kappa shape index (κ1) is 14.3. The van der Waals surface area contributed by atoms with Crippen molar-refractivity contribution >= 4 is 17.3 Å². The molecule has 0 radical (unpaired) electrons. The minimum atomic E-state index is -0.376. The molecule has 6 nitrogen and oxygen atoms in total. The van der Waals surface area contributed by atoms with Gasteiger partial charge in [-0.1, -0.05) is 19.1 Å². The number of hydrogen-bond donors (Lipinski definition) is 1. The van der Waals surface area contributed by atoms with Crippen LogP contribution in [0, 0.1) is 17.0 Å².